The zero-order valence-electron chi connectivity index (χ0n) is 37.4. The van der Waals surface area contributed by atoms with Crippen molar-refractivity contribution in [3.05, 3.63) is 95.1 Å². The van der Waals surface area contributed by atoms with E-state index in [1.807, 2.05) is 12.1 Å². The number of nitrogens with zero attached hydrogens (tertiary/aromatic N) is 1. The Morgan fingerprint density at radius 2 is 1.28 bits per heavy atom. The zero-order chi connectivity index (χ0) is 41.7. The molecule has 0 aromatic heterocycles. The Balaban J connectivity index is 1.03. The van der Waals surface area contributed by atoms with Gasteiger partial charge in [0.1, 0.15) is 0 Å². The van der Waals surface area contributed by atoms with Crippen molar-refractivity contribution in [1.82, 2.24) is 15.5 Å². The molecule has 7 nitrogen and oxygen atoms in total. The third kappa shape index (κ3) is 12.2. The molecule has 8 rings (SSSR count). The Kier molecular flexibility index (Phi) is 16.6. The number of nitrogens with one attached hydrogen (secondary N) is 2. The van der Waals surface area contributed by atoms with Gasteiger partial charge in [-0.15, -0.1) is 0 Å². The highest BCUT2D eigenvalue weighted by Crippen LogP contribution is 2.55. The van der Waals surface area contributed by atoms with E-state index in [0.717, 1.165) is 90.0 Å². The van der Waals surface area contributed by atoms with E-state index in [1.54, 1.807) is 0 Å². The first kappa shape index (κ1) is 44.8. The molecule has 7 heteroatoms. The second kappa shape index (κ2) is 22.2. The van der Waals surface area contributed by atoms with E-state index < -0.39 is 6.29 Å². The Labute approximate surface area is 362 Å². The van der Waals surface area contributed by atoms with Gasteiger partial charge in [0.15, 0.2) is 6.29 Å². The van der Waals surface area contributed by atoms with E-state index in [2.05, 4.69) is 97.0 Å². The monoisotopic (exact) mass is 820 g/mol. The summed E-state index contributed by atoms with van der Waals surface area (Å²) in [6, 6.07) is 25.4. The van der Waals surface area contributed by atoms with E-state index in [0.29, 0.717) is 6.54 Å². The summed E-state index contributed by atoms with van der Waals surface area (Å²) in [5.41, 5.74) is 6.34. The van der Waals surface area contributed by atoms with Crippen molar-refractivity contribution in [2.75, 3.05) is 19.6 Å². The van der Waals surface area contributed by atoms with Crippen LogP contribution in [0, 0.1) is 23.7 Å². The number of hydrogen-bond donors (Lipinski definition) is 3. The van der Waals surface area contributed by atoms with Gasteiger partial charge in [-0.05, 0) is 122 Å². The zero-order valence-corrected chi connectivity index (χ0v) is 37.4. The van der Waals surface area contributed by atoms with Crippen LogP contribution >= 0.6 is 0 Å². The summed E-state index contributed by atoms with van der Waals surface area (Å²) in [5, 5.41) is 16.5. The molecule has 3 N–H and O–H groups in total. The first-order chi connectivity index (χ1) is 29.3. The number of ether oxygens (including phenoxy) is 2. The first-order valence-electron chi connectivity index (χ1n) is 24.3. The van der Waals surface area contributed by atoms with Crippen molar-refractivity contribution in [2.45, 2.75) is 174 Å². The number of carbonyl (C=O) groups excluding carboxylic acids is 1. The van der Waals surface area contributed by atoms with E-state index in [-0.39, 0.29) is 36.3 Å². The minimum atomic E-state index is -0.517. The summed E-state index contributed by atoms with van der Waals surface area (Å²) in [7, 11) is 0. The van der Waals surface area contributed by atoms with Crippen LogP contribution in [-0.2, 0) is 22.6 Å². The molecular formula is C53H77N3O4. The molecule has 5 fully saturated rings. The van der Waals surface area contributed by atoms with Gasteiger partial charge in [0, 0.05) is 30.1 Å². The van der Waals surface area contributed by atoms with Crippen LogP contribution in [0.4, 0.5) is 4.79 Å². The van der Waals surface area contributed by atoms with E-state index in [1.165, 1.54) is 96.3 Å². The molecule has 2 amide bonds. The molecule has 3 aromatic rings. The van der Waals surface area contributed by atoms with Crippen LogP contribution in [0.5, 0.6) is 0 Å². The molecule has 1 saturated heterocycles. The molecule has 4 atom stereocenters. The Morgan fingerprint density at radius 1 is 0.700 bits per heavy atom. The van der Waals surface area contributed by atoms with Gasteiger partial charge in [-0.2, -0.15) is 0 Å². The van der Waals surface area contributed by atoms with Crippen LogP contribution < -0.4 is 10.6 Å². The average molecular weight is 820 g/mol. The van der Waals surface area contributed by atoms with Crippen LogP contribution in [0.2, 0.25) is 0 Å². The van der Waals surface area contributed by atoms with Crippen LogP contribution in [-0.4, -0.2) is 47.3 Å². The lowest BCUT2D eigenvalue weighted by Gasteiger charge is -2.56. The SMILES string of the molecule is CCCCCCCCN(CCCCCCCC)C[C@H]1O[C@@H](c2cccc(-c3cccc(CNC(=O)NC45CC6CC(CC(C6)C4)C5)c3)c2)O[C@@H](c2ccc(CO)cc2)[C@H]1C. The van der Waals surface area contributed by atoms with Gasteiger partial charge in [-0.25, -0.2) is 4.79 Å². The van der Waals surface area contributed by atoms with Crippen molar-refractivity contribution in [3.63, 3.8) is 0 Å². The maximum absolute atomic E-state index is 13.3. The van der Waals surface area contributed by atoms with Crippen molar-refractivity contribution in [1.29, 1.82) is 0 Å². The largest absolute Gasteiger partial charge is 0.392 e. The number of rotatable bonds is 23. The molecule has 328 valence electrons. The molecule has 0 radical (unpaired) electrons. The van der Waals surface area contributed by atoms with Crippen molar-refractivity contribution in [3.8, 4) is 11.1 Å². The highest BCUT2D eigenvalue weighted by Gasteiger charge is 2.51. The van der Waals surface area contributed by atoms with Gasteiger partial charge < -0.3 is 30.1 Å². The quantitative estimate of drug-likeness (QED) is 0.0830. The minimum Gasteiger partial charge on any atom is -0.392 e. The molecule has 4 aliphatic carbocycles. The fourth-order valence-electron chi connectivity index (χ4n) is 11.6. The number of carbonyl (C=O) groups is 1. The van der Waals surface area contributed by atoms with Gasteiger partial charge in [0.25, 0.3) is 0 Å². The molecule has 1 aliphatic heterocycles. The maximum atomic E-state index is 13.3. The van der Waals surface area contributed by atoms with Gasteiger partial charge in [-0.1, -0.05) is 146 Å². The number of urea groups is 1. The van der Waals surface area contributed by atoms with Gasteiger partial charge >= 0.3 is 6.03 Å². The number of amides is 2. The topological polar surface area (TPSA) is 83.1 Å². The lowest BCUT2D eigenvalue weighted by atomic mass is 9.53. The molecule has 1 heterocycles. The second-order valence-corrected chi connectivity index (χ2v) is 19.5. The van der Waals surface area contributed by atoms with Gasteiger partial charge in [-0.3, -0.25) is 0 Å². The first-order valence-corrected chi connectivity index (χ1v) is 24.3. The standard InChI is InChI=1S/C53H77N3O4/c1-4-6-8-10-12-14-26-56(27-15-13-11-9-7-5-2)37-49-39(3)50(45-24-22-40(38-57)23-25-45)60-51(59-49)48-21-17-20-47(32-48)46-19-16-18-41(31-46)36-54-52(58)55-53-33-42-28-43(34-53)30-44(29-42)35-53/h16-25,31-32,39,42-44,49-51,57H,4-15,26-30,33-38H2,1-3H3,(H2,54,55,58)/t39-,42?,43?,44?,49+,50+,51+,53?/m0/s1. The summed E-state index contributed by atoms with van der Waals surface area (Å²) < 4.78 is 14.0. The molecular weight excluding hydrogens is 743 g/mol. The summed E-state index contributed by atoms with van der Waals surface area (Å²) in [4.78, 5) is 16.0. The second-order valence-electron chi connectivity index (χ2n) is 19.5. The Hall–Kier alpha value is -3.23. The van der Waals surface area contributed by atoms with E-state index in [9.17, 15) is 9.90 Å². The summed E-state index contributed by atoms with van der Waals surface area (Å²) in [6.07, 6.45) is 22.5. The van der Waals surface area contributed by atoms with Crippen molar-refractivity contribution in [2.24, 2.45) is 23.7 Å². The Morgan fingerprint density at radius 3 is 1.90 bits per heavy atom. The maximum Gasteiger partial charge on any atom is 0.315 e. The predicted molar refractivity (Wildman–Crippen MR) is 244 cm³/mol. The third-order valence-electron chi connectivity index (χ3n) is 14.5. The summed E-state index contributed by atoms with van der Waals surface area (Å²) >= 11 is 0. The number of benzene rings is 3. The highest BCUT2D eigenvalue weighted by molar-refractivity contribution is 5.75. The van der Waals surface area contributed by atoms with Gasteiger partial charge in [0.2, 0.25) is 0 Å². The number of unbranched alkanes of at least 4 members (excludes halogenated alkanes) is 10. The molecule has 0 spiro atoms. The van der Waals surface area contributed by atoms with Crippen LogP contribution in [0.3, 0.4) is 0 Å². The fourth-order valence-corrected chi connectivity index (χ4v) is 11.6. The van der Waals surface area contributed by atoms with Crippen LogP contribution in [0.1, 0.15) is 171 Å². The lowest BCUT2D eigenvalue weighted by Crippen LogP contribution is -2.61. The average Bonchev–Trinajstić information content (AvgIpc) is 3.25. The number of aliphatic hydroxyl groups is 1. The molecule has 4 bridgehead atoms. The van der Waals surface area contributed by atoms with E-state index >= 15 is 0 Å². The summed E-state index contributed by atoms with van der Waals surface area (Å²) in [6.45, 7) is 10.5. The molecule has 5 aliphatic rings. The van der Waals surface area contributed by atoms with Crippen LogP contribution in [0.15, 0.2) is 72.8 Å². The molecule has 4 saturated carbocycles. The van der Waals surface area contributed by atoms with Gasteiger partial charge in [0.05, 0.1) is 18.8 Å². The normalized spacial score (nSPS) is 27.1. The number of aliphatic hydroxyl groups excluding tert-OH is 1. The minimum absolute atomic E-state index is 0.00311. The van der Waals surface area contributed by atoms with E-state index in [4.69, 9.17) is 9.47 Å². The summed E-state index contributed by atoms with van der Waals surface area (Å²) in [5.74, 6) is 2.54. The third-order valence-corrected chi connectivity index (χ3v) is 14.5. The molecule has 60 heavy (non-hydrogen) atoms. The lowest BCUT2D eigenvalue weighted by molar-refractivity contribution is -0.276. The smallest absolute Gasteiger partial charge is 0.315 e. The molecule has 3 aromatic carbocycles. The molecule has 0 unspecified atom stereocenters. The fraction of sp³-hybridized carbons (Fsp3) is 0.642. The van der Waals surface area contributed by atoms with Crippen molar-refractivity contribution >= 4 is 6.03 Å². The highest BCUT2D eigenvalue weighted by atomic mass is 16.7. The number of hydrogen-bond acceptors (Lipinski definition) is 5. The Bertz CT molecular complexity index is 1710. The van der Waals surface area contributed by atoms with Crippen molar-refractivity contribution < 1.29 is 19.4 Å². The van der Waals surface area contributed by atoms with Crippen LogP contribution in [0.25, 0.3) is 11.1 Å². The predicted octanol–water partition coefficient (Wildman–Crippen LogP) is 12.4.